The van der Waals surface area contributed by atoms with Crippen molar-refractivity contribution in [1.29, 1.82) is 0 Å². The second-order valence-corrected chi connectivity index (χ2v) is 7.78. The van der Waals surface area contributed by atoms with Crippen LogP contribution in [0.3, 0.4) is 0 Å². The van der Waals surface area contributed by atoms with Crippen LogP contribution in [0.25, 0.3) is 17.1 Å². The molecule has 1 heterocycles. The van der Waals surface area contributed by atoms with Crippen LogP contribution in [0.1, 0.15) is 13.8 Å². The third-order valence-corrected chi connectivity index (χ3v) is 5.24. The Morgan fingerprint density at radius 1 is 1.06 bits per heavy atom. The molecule has 0 spiro atoms. The third-order valence-electron chi connectivity index (χ3n) is 4.34. The van der Waals surface area contributed by atoms with Crippen molar-refractivity contribution in [2.24, 2.45) is 0 Å². The normalized spacial score (nSPS) is 10.8. The fourth-order valence-corrected chi connectivity index (χ4v) is 3.76. The Labute approximate surface area is 189 Å². The Morgan fingerprint density at radius 3 is 2.28 bits per heavy atom. The van der Waals surface area contributed by atoms with E-state index in [1.807, 2.05) is 0 Å². The molecule has 0 amide bonds. The number of halogens is 1. The van der Waals surface area contributed by atoms with Crippen molar-refractivity contribution in [3.8, 4) is 34.3 Å². The van der Waals surface area contributed by atoms with Gasteiger partial charge in [0.15, 0.2) is 22.5 Å². The maximum atomic E-state index is 14.8. The number of hydrogen-bond donors (Lipinski definition) is 0. The van der Waals surface area contributed by atoms with Gasteiger partial charge in [-0.3, -0.25) is 9.36 Å². The van der Waals surface area contributed by atoms with Gasteiger partial charge in [-0.2, -0.15) is 0 Å². The van der Waals surface area contributed by atoms with Crippen LogP contribution in [-0.4, -0.2) is 53.9 Å². The molecule has 8 nitrogen and oxygen atoms in total. The van der Waals surface area contributed by atoms with E-state index in [0.29, 0.717) is 33.8 Å². The van der Waals surface area contributed by atoms with E-state index in [2.05, 4.69) is 10.2 Å². The number of thioether (sulfide) groups is 1. The highest BCUT2D eigenvalue weighted by Crippen LogP contribution is 2.41. The number of esters is 1. The summed E-state index contributed by atoms with van der Waals surface area (Å²) in [4.78, 5) is 12.0. The first kappa shape index (κ1) is 23.4. The molecule has 0 saturated heterocycles. The summed E-state index contributed by atoms with van der Waals surface area (Å²) < 4.78 is 37.7. The average Bonchev–Trinajstić information content (AvgIpc) is 3.20. The highest BCUT2D eigenvalue weighted by molar-refractivity contribution is 7.99. The lowest BCUT2D eigenvalue weighted by Gasteiger charge is -2.15. The zero-order chi connectivity index (χ0) is 23.3. The van der Waals surface area contributed by atoms with Gasteiger partial charge in [-0.25, -0.2) is 4.39 Å². The summed E-state index contributed by atoms with van der Waals surface area (Å²) in [6.45, 7) is 3.54. The van der Waals surface area contributed by atoms with E-state index in [-0.39, 0.29) is 17.5 Å². The number of para-hydroxylation sites is 1. The van der Waals surface area contributed by atoms with Crippen LogP contribution in [0, 0.1) is 5.82 Å². The van der Waals surface area contributed by atoms with Crippen LogP contribution < -0.4 is 14.2 Å². The van der Waals surface area contributed by atoms with Gasteiger partial charge in [0.05, 0.1) is 38.9 Å². The van der Waals surface area contributed by atoms with Gasteiger partial charge in [0.1, 0.15) is 5.82 Å². The maximum absolute atomic E-state index is 14.8. The lowest BCUT2D eigenvalue weighted by atomic mass is 10.1. The van der Waals surface area contributed by atoms with Gasteiger partial charge in [0.25, 0.3) is 0 Å². The first-order chi connectivity index (χ1) is 15.4. The molecule has 3 rings (SSSR count). The Morgan fingerprint density at radius 2 is 1.72 bits per heavy atom. The Kier molecular flexibility index (Phi) is 7.57. The standard InChI is InChI=1S/C22H24FN3O5S/c1-13(2)31-19(27)12-32-22-25-24-21(26(22)16-9-7-6-8-15(16)23)14-10-17(28-3)20(30-5)18(11-14)29-4/h6-11,13H,12H2,1-5H3. The van der Waals surface area contributed by atoms with E-state index in [0.717, 1.165) is 11.8 Å². The van der Waals surface area contributed by atoms with Crippen molar-refractivity contribution in [3.05, 3.63) is 42.2 Å². The predicted octanol–water partition coefficient (Wildman–Crippen LogP) is 4.14. The van der Waals surface area contributed by atoms with Gasteiger partial charge in [0.2, 0.25) is 5.75 Å². The van der Waals surface area contributed by atoms with Gasteiger partial charge < -0.3 is 18.9 Å². The number of nitrogens with zero attached hydrogens (tertiary/aromatic N) is 3. The van der Waals surface area contributed by atoms with Gasteiger partial charge in [-0.1, -0.05) is 23.9 Å². The van der Waals surface area contributed by atoms with Crippen molar-refractivity contribution in [3.63, 3.8) is 0 Å². The maximum Gasteiger partial charge on any atom is 0.316 e. The summed E-state index contributed by atoms with van der Waals surface area (Å²) in [5, 5.41) is 8.81. The molecule has 0 bridgehead atoms. The van der Waals surface area contributed by atoms with Gasteiger partial charge in [-0.15, -0.1) is 10.2 Å². The molecule has 3 aromatic rings. The number of aromatic nitrogens is 3. The lowest BCUT2D eigenvalue weighted by Crippen LogP contribution is -2.13. The zero-order valence-corrected chi connectivity index (χ0v) is 19.2. The molecule has 0 N–H and O–H groups in total. The third kappa shape index (κ3) is 4.96. The highest BCUT2D eigenvalue weighted by Gasteiger charge is 2.23. The molecule has 0 aliphatic heterocycles. The molecule has 0 saturated carbocycles. The van der Waals surface area contributed by atoms with Crippen LogP contribution in [-0.2, 0) is 9.53 Å². The SMILES string of the molecule is COc1cc(-c2nnc(SCC(=O)OC(C)C)n2-c2ccccc2F)cc(OC)c1OC. The molecule has 0 aliphatic rings. The summed E-state index contributed by atoms with van der Waals surface area (Å²) in [6, 6.07) is 9.65. The van der Waals surface area contributed by atoms with E-state index in [4.69, 9.17) is 18.9 Å². The molecule has 32 heavy (non-hydrogen) atoms. The van der Waals surface area contributed by atoms with Gasteiger partial charge in [-0.05, 0) is 38.1 Å². The molecule has 1 aromatic heterocycles. The monoisotopic (exact) mass is 461 g/mol. The first-order valence-corrected chi connectivity index (χ1v) is 10.7. The molecule has 2 aromatic carbocycles. The minimum absolute atomic E-state index is 0.0000206. The predicted molar refractivity (Wildman–Crippen MR) is 118 cm³/mol. The van der Waals surface area contributed by atoms with Crippen molar-refractivity contribution in [2.45, 2.75) is 25.1 Å². The molecule has 10 heteroatoms. The molecule has 0 atom stereocenters. The summed E-state index contributed by atoms with van der Waals surface area (Å²) in [6.07, 6.45) is -0.234. The topological polar surface area (TPSA) is 84.7 Å². The van der Waals surface area contributed by atoms with Crippen LogP contribution in [0.15, 0.2) is 41.6 Å². The van der Waals surface area contributed by atoms with Crippen LogP contribution in [0.5, 0.6) is 17.2 Å². The molecule has 0 aliphatic carbocycles. The van der Waals surface area contributed by atoms with E-state index >= 15 is 0 Å². The summed E-state index contributed by atoms with van der Waals surface area (Å²) >= 11 is 1.10. The lowest BCUT2D eigenvalue weighted by molar-refractivity contribution is -0.144. The van der Waals surface area contributed by atoms with Crippen molar-refractivity contribution in [1.82, 2.24) is 14.8 Å². The zero-order valence-electron chi connectivity index (χ0n) is 18.4. The van der Waals surface area contributed by atoms with Crippen molar-refractivity contribution >= 4 is 17.7 Å². The van der Waals surface area contributed by atoms with E-state index < -0.39 is 11.8 Å². The number of methoxy groups -OCH3 is 3. The first-order valence-electron chi connectivity index (χ1n) is 9.72. The largest absolute Gasteiger partial charge is 0.493 e. The number of benzene rings is 2. The minimum atomic E-state index is -0.465. The number of ether oxygens (including phenoxy) is 4. The second-order valence-electron chi connectivity index (χ2n) is 6.83. The highest BCUT2D eigenvalue weighted by atomic mass is 32.2. The number of carbonyl (C=O) groups is 1. The van der Waals surface area contributed by atoms with Gasteiger partial charge >= 0.3 is 5.97 Å². The quantitative estimate of drug-likeness (QED) is 0.347. The number of rotatable bonds is 9. The molecular weight excluding hydrogens is 437 g/mol. The minimum Gasteiger partial charge on any atom is -0.493 e. The fourth-order valence-electron chi connectivity index (χ4n) is 3.03. The Balaban J connectivity index is 2.12. The molecule has 0 radical (unpaired) electrons. The summed E-state index contributed by atoms with van der Waals surface area (Å²) in [7, 11) is 4.52. The van der Waals surface area contributed by atoms with Crippen LogP contribution in [0.4, 0.5) is 4.39 Å². The van der Waals surface area contributed by atoms with Crippen LogP contribution >= 0.6 is 11.8 Å². The Hall–Kier alpha value is -3.27. The van der Waals surface area contributed by atoms with Crippen molar-refractivity contribution in [2.75, 3.05) is 27.1 Å². The smallest absolute Gasteiger partial charge is 0.316 e. The fraction of sp³-hybridized carbons (Fsp3) is 0.318. The summed E-state index contributed by atoms with van der Waals surface area (Å²) in [5.41, 5.74) is 0.799. The molecule has 0 unspecified atom stereocenters. The number of carbonyl (C=O) groups excluding carboxylic acids is 1. The van der Waals surface area contributed by atoms with Crippen LogP contribution in [0.2, 0.25) is 0 Å². The molecule has 170 valence electrons. The van der Waals surface area contributed by atoms with E-state index in [1.54, 1.807) is 48.7 Å². The number of hydrogen-bond acceptors (Lipinski definition) is 8. The summed E-state index contributed by atoms with van der Waals surface area (Å²) in [5.74, 6) is 0.727. The second kappa shape index (κ2) is 10.4. The van der Waals surface area contributed by atoms with Crippen molar-refractivity contribution < 1.29 is 28.1 Å². The van der Waals surface area contributed by atoms with E-state index in [1.165, 1.54) is 27.4 Å². The van der Waals surface area contributed by atoms with E-state index in [9.17, 15) is 9.18 Å². The Bertz CT molecular complexity index is 1080. The molecule has 0 fully saturated rings. The van der Waals surface area contributed by atoms with Gasteiger partial charge in [0, 0.05) is 5.56 Å². The molecular formula is C22H24FN3O5S. The average molecular weight is 462 g/mol.